The van der Waals surface area contributed by atoms with E-state index < -0.39 is 5.97 Å². The maximum Gasteiger partial charge on any atom is 0.339 e. The molecule has 0 spiro atoms. The third-order valence-electron chi connectivity index (χ3n) is 6.38. The fourth-order valence-corrected chi connectivity index (χ4v) is 4.54. The van der Waals surface area contributed by atoms with Gasteiger partial charge in [0.05, 0.1) is 43.4 Å². The summed E-state index contributed by atoms with van der Waals surface area (Å²) >= 11 is 6.00. The zero-order valence-electron chi connectivity index (χ0n) is 22.5. The molecule has 0 aliphatic heterocycles. The third kappa shape index (κ3) is 11.7. The molecule has 0 amide bonds. The smallest absolute Gasteiger partial charge is 0.339 e. The summed E-state index contributed by atoms with van der Waals surface area (Å²) < 4.78 is 6.31. The zero-order valence-corrected chi connectivity index (χ0v) is 25.5. The number of halogens is 2. The van der Waals surface area contributed by atoms with E-state index in [2.05, 4.69) is 27.7 Å². The summed E-state index contributed by atoms with van der Waals surface area (Å²) in [5.74, 6) is -0.368. The van der Waals surface area contributed by atoms with Crippen LogP contribution in [0, 0.1) is 0 Å². The van der Waals surface area contributed by atoms with E-state index in [-0.39, 0.29) is 41.9 Å². The lowest BCUT2D eigenvalue weighted by molar-refractivity contribution is -0.929. The Morgan fingerprint density at radius 2 is 1.34 bits per heavy atom. The molecular formula is C29H47ClINO3. The summed E-state index contributed by atoms with van der Waals surface area (Å²) in [5, 5.41) is 11.4. The number of ether oxygens (including phenoxy) is 1. The number of benzene rings is 2. The molecule has 2 aromatic carbocycles. The maximum absolute atomic E-state index is 11.6. The van der Waals surface area contributed by atoms with Crippen molar-refractivity contribution < 1.29 is 43.1 Å². The minimum absolute atomic E-state index is 0. The van der Waals surface area contributed by atoms with Crippen LogP contribution in [0.2, 0.25) is 5.02 Å². The van der Waals surface area contributed by atoms with Gasteiger partial charge in [-0.05, 0) is 56.2 Å². The summed E-state index contributed by atoms with van der Waals surface area (Å²) in [7, 11) is 0. The van der Waals surface area contributed by atoms with Crippen LogP contribution in [0.15, 0.2) is 30.3 Å². The molecule has 0 unspecified atom stereocenters. The molecule has 2 rings (SSSR count). The summed E-state index contributed by atoms with van der Waals surface area (Å²) in [5.41, 5.74) is 0.266. The average Bonchev–Trinajstić information content (AvgIpc) is 2.83. The fourth-order valence-electron chi connectivity index (χ4n) is 4.29. The van der Waals surface area contributed by atoms with Gasteiger partial charge in [-0.15, -0.1) is 0 Å². The Morgan fingerprint density at radius 3 is 1.77 bits per heavy atom. The van der Waals surface area contributed by atoms with Gasteiger partial charge in [0.25, 0.3) is 0 Å². The van der Waals surface area contributed by atoms with E-state index in [0.29, 0.717) is 10.4 Å². The second-order valence-corrected chi connectivity index (χ2v) is 9.61. The molecule has 6 heteroatoms. The molecule has 0 saturated carbocycles. The lowest BCUT2D eigenvalue weighted by atomic mass is 10.1. The van der Waals surface area contributed by atoms with Crippen molar-refractivity contribution in [2.75, 3.05) is 32.8 Å². The molecule has 0 aliphatic carbocycles. The van der Waals surface area contributed by atoms with Crippen LogP contribution >= 0.6 is 11.6 Å². The maximum atomic E-state index is 11.6. The number of hydrogen-bond acceptors (Lipinski definition) is 3. The number of quaternary nitrogens is 1. The molecule has 0 saturated heterocycles. The molecule has 0 heterocycles. The van der Waals surface area contributed by atoms with Crippen molar-refractivity contribution in [1.29, 1.82) is 0 Å². The monoisotopic (exact) mass is 619 g/mol. The first kappa shape index (κ1) is 34.0. The highest BCUT2D eigenvalue weighted by molar-refractivity contribution is 6.34. The number of unbranched alkanes of at least 4 members (excludes halogenated alkanes) is 4. The minimum Gasteiger partial charge on any atom is -1.00 e. The van der Waals surface area contributed by atoms with Crippen LogP contribution in [-0.2, 0) is 4.74 Å². The van der Waals surface area contributed by atoms with Crippen molar-refractivity contribution in [3.63, 3.8) is 0 Å². The highest BCUT2D eigenvalue weighted by Crippen LogP contribution is 2.30. The minimum atomic E-state index is -0.484. The highest BCUT2D eigenvalue weighted by Gasteiger charge is 2.24. The van der Waals surface area contributed by atoms with Gasteiger partial charge in [-0.1, -0.05) is 77.1 Å². The first-order valence-electron chi connectivity index (χ1n) is 13.3. The standard InChI is InChI=1S/C16H36N.C13H11ClO3.HI/c1-5-9-13-17(14-10-6-2,15-11-7-3)16-12-8-4;1-2-17-13(16)10-7-9-8(6-11(10)14)4-3-5-12(9)15;/h5-16H2,1-4H3;3-7,15H,2H2,1H3;1H/q+1;;/p-1. The van der Waals surface area contributed by atoms with Gasteiger partial charge in [0.15, 0.2) is 0 Å². The second-order valence-electron chi connectivity index (χ2n) is 9.20. The largest absolute Gasteiger partial charge is 1.00 e. The number of phenols is 1. The van der Waals surface area contributed by atoms with Crippen molar-refractivity contribution >= 4 is 28.3 Å². The molecule has 4 nitrogen and oxygen atoms in total. The van der Waals surface area contributed by atoms with E-state index in [9.17, 15) is 9.90 Å². The highest BCUT2D eigenvalue weighted by atomic mass is 127. The summed E-state index contributed by atoms with van der Waals surface area (Å²) in [4.78, 5) is 11.6. The topological polar surface area (TPSA) is 46.5 Å². The van der Waals surface area contributed by atoms with Crippen LogP contribution in [0.5, 0.6) is 5.75 Å². The predicted molar refractivity (Wildman–Crippen MR) is 146 cm³/mol. The molecule has 0 bridgehead atoms. The number of carbonyl (C=O) groups is 1. The molecule has 35 heavy (non-hydrogen) atoms. The van der Waals surface area contributed by atoms with Gasteiger partial charge in [-0.2, -0.15) is 0 Å². The average molecular weight is 620 g/mol. The Hall–Kier alpha value is -1.05. The van der Waals surface area contributed by atoms with Crippen LogP contribution in [0.25, 0.3) is 10.8 Å². The van der Waals surface area contributed by atoms with E-state index in [0.717, 1.165) is 5.39 Å². The molecule has 1 N–H and O–H groups in total. The van der Waals surface area contributed by atoms with Crippen molar-refractivity contribution in [2.24, 2.45) is 0 Å². The van der Waals surface area contributed by atoms with Crippen LogP contribution in [0.4, 0.5) is 0 Å². The number of aromatic hydroxyl groups is 1. The van der Waals surface area contributed by atoms with Crippen molar-refractivity contribution in [1.82, 2.24) is 0 Å². The molecule has 0 aromatic heterocycles. The Bertz CT molecular complexity index is 822. The summed E-state index contributed by atoms with van der Waals surface area (Å²) in [6.07, 6.45) is 11.1. The van der Waals surface area contributed by atoms with Crippen LogP contribution < -0.4 is 24.0 Å². The second kappa shape index (κ2) is 19.1. The van der Waals surface area contributed by atoms with E-state index in [1.807, 2.05) is 6.07 Å². The number of carbonyl (C=O) groups excluding carboxylic acids is 1. The summed E-state index contributed by atoms with van der Waals surface area (Å²) in [6.45, 7) is 17.0. The molecule has 0 fully saturated rings. The van der Waals surface area contributed by atoms with Crippen molar-refractivity contribution in [3.05, 3.63) is 40.9 Å². The Kier molecular flexibility index (Phi) is 18.5. The first-order chi connectivity index (χ1) is 16.4. The lowest BCUT2D eigenvalue weighted by Crippen LogP contribution is -3.00. The van der Waals surface area contributed by atoms with Gasteiger partial charge in [0.1, 0.15) is 5.75 Å². The van der Waals surface area contributed by atoms with E-state index >= 15 is 0 Å². The van der Waals surface area contributed by atoms with Crippen LogP contribution in [0.1, 0.15) is 96.3 Å². The van der Waals surface area contributed by atoms with Crippen LogP contribution in [-0.4, -0.2) is 48.3 Å². The Morgan fingerprint density at radius 1 is 0.857 bits per heavy atom. The van der Waals surface area contributed by atoms with E-state index in [4.69, 9.17) is 16.3 Å². The van der Waals surface area contributed by atoms with Crippen molar-refractivity contribution in [3.8, 4) is 5.75 Å². The van der Waals surface area contributed by atoms with Crippen molar-refractivity contribution in [2.45, 2.75) is 86.0 Å². The van der Waals surface area contributed by atoms with Gasteiger partial charge in [-0.25, -0.2) is 4.79 Å². The summed E-state index contributed by atoms with van der Waals surface area (Å²) in [6, 6.07) is 8.28. The molecule has 0 atom stereocenters. The number of nitrogens with zero attached hydrogens (tertiary/aromatic N) is 1. The molecule has 0 aliphatic rings. The number of fused-ring (bicyclic) bond motifs is 1. The van der Waals surface area contributed by atoms with Gasteiger partial charge >= 0.3 is 5.97 Å². The zero-order chi connectivity index (χ0) is 25.4. The number of rotatable bonds is 14. The number of hydrogen-bond donors (Lipinski definition) is 1. The number of phenolic OH excluding ortho intramolecular Hbond substituents is 1. The quantitative estimate of drug-likeness (QED) is 0.175. The van der Waals surface area contributed by atoms with Gasteiger partial charge in [0, 0.05) is 5.39 Å². The number of esters is 1. The van der Waals surface area contributed by atoms with Gasteiger partial charge in [-0.3, -0.25) is 0 Å². The first-order valence-corrected chi connectivity index (χ1v) is 13.7. The van der Waals surface area contributed by atoms with Gasteiger partial charge < -0.3 is 38.3 Å². The third-order valence-corrected chi connectivity index (χ3v) is 6.70. The normalized spacial score (nSPS) is 10.9. The van der Waals surface area contributed by atoms with Crippen LogP contribution in [0.3, 0.4) is 0 Å². The molecule has 2 aromatic rings. The lowest BCUT2D eigenvalue weighted by Gasteiger charge is -2.39. The fraction of sp³-hybridized carbons (Fsp3) is 0.621. The Labute approximate surface area is 236 Å². The van der Waals surface area contributed by atoms with E-state index in [1.54, 1.807) is 31.2 Å². The molecular weight excluding hydrogens is 573 g/mol. The Balaban J connectivity index is 0.000000642. The SMILES string of the molecule is CCCC[N+](CCCC)(CCCC)CCCC.CCOC(=O)c1cc2c(O)cccc2cc1Cl.[I-]. The van der Waals surface area contributed by atoms with E-state index in [1.165, 1.54) is 82.0 Å². The van der Waals surface area contributed by atoms with Gasteiger partial charge in [0.2, 0.25) is 0 Å². The molecule has 200 valence electrons. The predicted octanol–water partition coefficient (Wildman–Crippen LogP) is 5.38. The molecule has 0 radical (unpaired) electrons.